The van der Waals surface area contributed by atoms with Gasteiger partial charge in [-0.3, -0.25) is 4.79 Å². The molecule has 0 saturated heterocycles. The summed E-state index contributed by atoms with van der Waals surface area (Å²) in [4.78, 5) is 26.5. The molecule has 0 bridgehead atoms. The van der Waals surface area contributed by atoms with Crippen LogP contribution < -0.4 is 11.1 Å². The van der Waals surface area contributed by atoms with E-state index in [1.54, 1.807) is 49.1 Å². The van der Waals surface area contributed by atoms with Gasteiger partial charge in [0, 0.05) is 17.4 Å². The van der Waals surface area contributed by atoms with Crippen LogP contribution in [-0.4, -0.2) is 25.8 Å². The summed E-state index contributed by atoms with van der Waals surface area (Å²) in [5.41, 5.74) is 7.96. The standard InChI is InChI=1S/C14H12N6O/c15-13(21)9-1-3-10(4-2-9)19-14-17-6-5-11(20-14)12-7-16-8-18-12/h1-8H,(H2,15,21)(H,16,18)(H,17,19,20). The number of imidazole rings is 1. The van der Waals surface area contributed by atoms with E-state index in [-0.39, 0.29) is 0 Å². The number of aromatic amines is 1. The molecule has 3 aromatic rings. The lowest BCUT2D eigenvalue weighted by molar-refractivity contribution is 0.100. The van der Waals surface area contributed by atoms with E-state index in [0.717, 1.165) is 17.1 Å². The van der Waals surface area contributed by atoms with Gasteiger partial charge in [0.25, 0.3) is 0 Å². The van der Waals surface area contributed by atoms with Gasteiger partial charge in [0.05, 0.1) is 23.9 Å². The molecule has 1 amide bonds. The number of hydrogen-bond donors (Lipinski definition) is 3. The molecule has 0 atom stereocenters. The van der Waals surface area contributed by atoms with Gasteiger partial charge in [-0.2, -0.15) is 0 Å². The molecule has 0 fully saturated rings. The van der Waals surface area contributed by atoms with Crippen LogP contribution in [0.3, 0.4) is 0 Å². The Kier molecular flexibility index (Phi) is 3.30. The highest BCUT2D eigenvalue weighted by molar-refractivity contribution is 5.93. The average Bonchev–Trinajstić information content (AvgIpc) is 3.02. The summed E-state index contributed by atoms with van der Waals surface area (Å²) in [5.74, 6) is -0.00651. The zero-order valence-electron chi connectivity index (χ0n) is 10.9. The summed E-state index contributed by atoms with van der Waals surface area (Å²) in [6, 6.07) is 8.56. The first-order valence-electron chi connectivity index (χ1n) is 6.21. The Bertz CT molecular complexity index is 751. The van der Waals surface area contributed by atoms with Crippen LogP contribution in [0.25, 0.3) is 11.4 Å². The monoisotopic (exact) mass is 280 g/mol. The van der Waals surface area contributed by atoms with Crippen LogP contribution in [0.1, 0.15) is 10.4 Å². The number of primary amides is 1. The Morgan fingerprint density at radius 2 is 2.00 bits per heavy atom. The van der Waals surface area contributed by atoms with Crippen molar-refractivity contribution in [3.05, 3.63) is 54.6 Å². The number of amides is 1. The molecule has 2 heterocycles. The Morgan fingerprint density at radius 3 is 2.67 bits per heavy atom. The number of hydrogen-bond acceptors (Lipinski definition) is 5. The van der Waals surface area contributed by atoms with Crippen molar-refractivity contribution in [3.8, 4) is 11.4 Å². The lowest BCUT2D eigenvalue weighted by atomic mass is 10.2. The molecule has 104 valence electrons. The first-order chi connectivity index (χ1) is 10.2. The van der Waals surface area contributed by atoms with Crippen molar-refractivity contribution in [1.29, 1.82) is 0 Å². The maximum Gasteiger partial charge on any atom is 0.248 e. The van der Waals surface area contributed by atoms with Crippen molar-refractivity contribution in [1.82, 2.24) is 19.9 Å². The van der Waals surface area contributed by atoms with Crippen molar-refractivity contribution < 1.29 is 4.79 Å². The highest BCUT2D eigenvalue weighted by atomic mass is 16.1. The summed E-state index contributed by atoms with van der Waals surface area (Å²) < 4.78 is 0. The summed E-state index contributed by atoms with van der Waals surface area (Å²) in [6.45, 7) is 0. The van der Waals surface area contributed by atoms with Crippen LogP contribution >= 0.6 is 0 Å². The number of nitrogens with one attached hydrogen (secondary N) is 2. The van der Waals surface area contributed by atoms with Gasteiger partial charge in [-0.1, -0.05) is 0 Å². The van der Waals surface area contributed by atoms with Crippen molar-refractivity contribution in [2.24, 2.45) is 5.73 Å². The van der Waals surface area contributed by atoms with Crippen molar-refractivity contribution in [2.45, 2.75) is 0 Å². The SMILES string of the molecule is NC(=O)c1ccc(Nc2nccc(-c3cnc[nH]3)n2)cc1. The zero-order chi connectivity index (χ0) is 14.7. The second-order valence-corrected chi connectivity index (χ2v) is 4.30. The second kappa shape index (κ2) is 5.41. The second-order valence-electron chi connectivity index (χ2n) is 4.30. The van der Waals surface area contributed by atoms with Gasteiger partial charge in [-0.25, -0.2) is 15.0 Å². The molecule has 3 rings (SSSR count). The molecule has 4 N–H and O–H groups in total. The third-order valence-electron chi connectivity index (χ3n) is 2.86. The summed E-state index contributed by atoms with van der Waals surface area (Å²) in [7, 11) is 0. The number of rotatable bonds is 4. The molecule has 7 nitrogen and oxygen atoms in total. The maximum atomic E-state index is 11.0. The summed E-state index contributed by atoms with van der Waals surface area (Å²) in [6.07, 6.45) is 4.93. The largest absolute Gasteiger partial charge is 0.366 e. The van der Waals surface area contributed by atoms with Crippen LogP contribution in [0.2, 0.25) is 0 Å². The number of carbonyl (C=O) groups excluding carboxylic acids is 1. The zero-order valence-corrected chi connectivity index (χ0v) is 10.9. The van der Waals surface area contributed by atoms with E-state index in [2.05, 4.69) is 25.3 Å². The van der Waals surface area contributed by atoms with E-state index >= 15 is 0 Å². The van der Waals surface area contributed by atoms with Gasteiger partial charge >= 0.3 is 0 Å². The first-order valence-corrected chi connectivity index (χ1v) is 6.21. The molecule has 2 aromatic heterocycles. The summed E-state index contributed by atoms with van der Waals surface area (Å²) in [5, 5.41) is 3.06. The number of nitrogens with zero attached hydrogens (tertiary/aromatic N) is 3. The highest BCUT2D eigenvalue weighted by Gasteiger charge is 2.04. The van der Waals surface area contributed by atoms with E-state index in [4.69, 9.17) is 5.73 Å². The molecule has 0 aliphatic heterocycles. The molecule has 21 heavy (non-hydrogen) atoms. The van der Waals surface area contributed by atoms with Crippen LogP contribution in [0.4, 0.5) is 11.6 Å². The predicted molar refractivity (Wildman–Crippen MR) is 77.9 cm³/mol. The van der Waals surface area contributed by atoms with E-state index in [1.165, 1.54) is 0 Å². The molecule has 1 aromatic carbocycles. The third-order valence-corrected chi connectivity index (χ3v) is 2.86. The number of benzene rings is 1. The van der Waals surface area contributed by atoms with Crippen molar-refractivity contribution >= 4 is 17.5 Å². The Morgan fingerprint density at radius 1 is 1.19 bits per heavy atom. The maximum absolute atomic E-state index is 11.0. The molecule has 7 heteroatoms. The molecular weight excluding hydrogens is 268 g/mol. The number of H-pyrrole nitrogens is 1. The molecule has 0 aliphatic rings. The number of anilines is 2. The minimum absolute atomic E-state index is 0.452. The van der Waals surface area contributed by atoms with Crippen molar-refractivity contribution in [2.75, 3.05) is 5.32 Å². The van der Waals surface area contributed by atoms with E-state index in [9.17, 15) is 4.79 Å². The van der Waals surface area contributed by atoms with Crippen molar-refractivity contribution in [3.63, 3.8) is 0 Å². The van der Waals surface area contributed by atoms with E-state index in [0.29, 0.717) is 11.5 Å². The topological polar surface area (TPSA) is 110 Å². The quantitative estimate of drug-likeness (QED) is 0.674. The van der Waals surface area contributed by atoms with Gasteiger partial charge in [-0.15, -0.1) is 0 Å². The first kappa shape index (κ1) is 12.8. The fourth-order valence-electron chi connectivity index (χ4n) is 1.81. The number of carbonyl (C=O) groups is 1. The lowest BCUT2D eigenvalue weighted by Gasteiger charge is -2.06. The lowest BCUT2D eigenvalue weighted by Crippen LogP contribution is -2.10. The van der Waals surface area contributed by atoms with Gasteiger partial charge < -0.3 is 16.0 Å². The molecule has 0 radical (unpaired) electrons. The normalized spacial score (nSPS) is 10.3. The molecular formula is C14H12N6O. The van der Waals surface area contributed by atoms with Gasteiger partial charge in [0.15, 0.2) is 0 Å². The van der Waals surface area contributed by atoms with Gasteiger partial charge in [0.2, 0.25) is 11.9 Å². The Hall–Kier alpha value is -3.22. The average molecular weight is 280 g/mol. The van der Waals surface area contributed by atoms with E-state index < -0.39 is 5.91 Å². The fourth-order valence-corrected chi connectivity index (χ4v) is 1.81. The number of aromatic nitrogens is 4. The fraction of sp³-hybridized carbons (Fsp3) is 0. The molecule has 0 unspecified atom stereocenters. The smallest absolute Gasteiger partial charge is 0.248 e. The Labute approximate surface area is 120 Å². The van der Waals surface area contributed by atoms with Gasteiger partial charge in [-0.05, 0) is 30.3 Å². The van der Waals surface area contributed by atoms with Crippen LogP contribution in [0, 0.1) is 0 Å². The molecule has 0 saturated carbocycles. The van der Waals surface area contributed by atoms with Gasteiger partial charge in [0.1, 0.15) is 0 Å². The minimum atomic E-state index is -0.459. The van der Waals surface area contributed by atoms with E-state index in [1.807, 2.05) is 0 Å². The molecule has 0 aliphatic carbocycles. The summed E-state index contributed by atoms with van der Waals surface area (Å²) >= 11 is 0. The highest BCUT2D eigenvalue weighted by Crippen LogP contribution is 2.17. The Balaban J connectivity index is 1.81. The third kappa shape index (κ3) is 2.86. The van der Waals surface area contributed by atoms with Crippen LogP contribution in [-0.2, 0) is 0 Å². The van der Waals surface area contributed by atoms with Crippen LogP contribution in [0.15, 0.2) is 49.1 Å². The molecule has 0 spiro atoms. The van der Waals surface area contributed by atoms with Crippen LogP contribution in [0.5, 0.6) is 0 Å². The predicted octanol–water partition coefficient (Wildman–Crippen LogP) is 1.71. The number of nitrogens with two attached hydrogens (primary N) is 1. The minimum Gasteiger partial charge on any atom is -0.366 e.